The number of likely N-dealkylation sites (N-methyl/N-ethyl adjacent to an activating group) is 1. The third-order valence-electron chi connectivity index (χ3n) is 3.81. The molecule has 0 aromatic carbocycles. The van der Waals surface area contributed by atoms with Crippen LogP contribution in [0.3, 0.4) is 0 Å². The lowest BCUT2D eigenvalue weighted by molar-refractivity contribution is -0.151. The Kier molecular flexibility index (Phi) is 6.54. The zero-order chi connectivity index (χ0) is 18.4. The topological polar surface area (TPSA) is 110 Å². The van der Waals surface area contributed by atoms with Gasteiger partial charge in [0.25, 0.3) is 11.8 Å². The van der Waals surface area contributed by atoms with Crippen LogP contribution in [0.15, 0.2) is 17.5 Å². The molecule has 10 heteroatoms. The molecule has 25 heavy (non-hydrogen) atoms. The van der Waals surface area contributed by atoms with E-state index in [9.17, 15) is 22.8 Å². The van der Waals surface area contributed by atoms with E-state index in [0.717, 1.165) is 0 Å². The number of sulfone groups is 1. The summed E-state index contributed by atoms with van der Waals surface area (Å²) in [6.07, 6.45) is 0.396. The summed E-state index contributed by atoms with van der Waals surface area (Å²) in [6.45, 7) is 1.27. The molecule has 0 spiro atoms. The van der Waals surface area contributed by atoms with Gasteiger partial charge in [0.1, 0.15) is 6.54 Å². The molecule has 1 aromatic heterocycles. The van der Waals surface area contributed by atoms with Crippen molar-refractivity contribution in [3.8, 4) is 0 Å². The molecule has 0 saturated carbocycles. The Balaban J connectivity index is 1.76. The predicted octanol–water partition coefficient (Wildman–Crippen LogP) is 0.0567. The molecular formula is C15H20N2O6S2. The number of carbonyl (C=O) groups excluding carboxylic acids is 3. The highest BCUT2D eigenvalue weighted by Gasteiger charge is 2.34. The van der Waals surface area contributed by atoms with Crippen molar-refractivity contribution in [3.05, 3.63) is 22.4 Å². The van der Waals surface area contributed by atoms with E-state index in [2.05, 4.69) is 5.32 Å². The molecule has 1 aromatic rings. The molecule has 1 aliphatic heterocycles. The normalized spacial score (nSPS) is 18.5. The van der Waals surface area contributed by atoms with Gasteiger partial charge in [0.05, 0.1) is 16.4 Å². The van der Waals surface area contributed by atoms with Crippen molar-refractivity contribution in [1.29, 1.82) is 0 Å². The van der Waals surface area contributed by atoms with Gasteiger partial charge >= 0.3 is 5.97 Å². The third-order valence-corrected chi connectivity index (χ3v) is 6.42. The third kappa shape index (κ3) is 5.53. The first kappa shape index (κ1) is 19.4. The van der Waals surface area contributed by atoms with E-state index in [1.165, 1.54) is 16.2 Å². The van der Waals surface area contributed by atoms with E-state index >= 15 is 0 Å². The number of amides is 2. The molecule has 8 nitrogen and oxygen atoms in total. The summed E-state index contributed by atoms with van der Waals surface area (Å²) in [7, 11) is -3.10. The van der Waals surface area contributed by atoms with E-state index in [1.54, 1.807) is 24.4 Å². The second kappa shape index (κ2) is 8.43. The Bertz CT molecular complexity index is 729. The van der Waals surface area contributed by atoms with Crippen molar-refractivity contribution < 1.29 is 27.5 Å². The fraction of sp³-hybridized carbons (Fsp3) is 0.533. The standard InChI is InChI=1S/C15H20N2O6S2/c1-2-17(11-5-7-25(21,22)10-11)13(18)9-23-14(19)8-16-15(20)12-4-3-6-24-12/h3-4,6,11H,2,5,7-10H2,1H3,(H,16,20)/t11-/m0/s1. The number of hydrogen-bond acceptors (Lipinski definition) is 7. The van der Waals surface area contributed by atoms with Crippen LogP contribution in [0.25, 0.3) is 0 Å². The van der Waals surface area contributed by atoms with Crippen molar-refractivity contribution in [2.45, 2.75) is 19.4 Å². The van der Waals surface area contributed by atoms with Crippen LogP contribution in [0, 0.1) is 0 Å². The maximum atomic E-state index is 12.2. The molecule has 1 atom stereocenters. The summed E-state index contributed by atoms with van der Waals surface area (Å²) in [5.41, 5.74) is 0. The van der Waals surface area contributed by atoms with Crippen LogP contribution in [0.1, 0.15) is 23.0 Å². The van der Waals surface area contributed by atoms with Crippen LogP contribution in [0.4, 0.5) is 0 Å². The number of rotatable bonds is 7. The van der Waals surface area contributed by atoms with Crippen LogP contribution in [-0.4, -0.2) is 68.3 Å². The van der Waals surface area contributed by atoms with Crippen molar-refractivity contribution >= 4 is 39.0 Å². The van der Waals surface area contributed by atoms with Gasteiger partial charge < -0.3 is 15.0 Å². The summed E-state index contributed by atoms with van der Waals surface area (Å²) < 4.78 is 27.9. The molecule has 138 valence electrons. The molecule has 1 saturated heterocycles. The van der Waals surface area contributed by atoms with Crippen molar-refractivity contribution in [2.75, 3.05) is 31.2 Å². The number of esters is 1. The van der Waals surface area contributed by atoms with Gasteiger partial charge in [-0.25, -0.2) is 8.42 Å². The Hall–Kier alpha value is -1.94. The first-order valence-electron chi connectivity index (χ1n) is 7.79. The molecule has 1 aliphatic rings. The fourth-order valence-electron chi connectivity index (χ4n) is 2.58. The summed E-state index contributed by atoms with van der Waals surface area (Å²) in [5.74, 6) is -1.55. The highest BCUT2D eigenvalue weighted by Crippen LogP contribution is 2.17. The van der Waals surface area contributed by atoms with Crippen molar-refractivity contribution in [3.63, 3.8) is 0 Å². The van der Waals surface area contributed by atoms with E-state index in [-0.39, 0.29) is 30.0 Å². The molecule has 0 aliphatic carbocycles. The minimum absolute atomic E-state index is 0.0581. The van der Waals surface area contributed by atoms with Gasteiger partial charge in [-0.2, -0.15) is 0 Å². The summed E-state index contributed by atoms with van der Waals surface area (Å²) in [6, 6.07) is 2.97. The van der Waals surface area contributed by atoms with Gasteiger partial charge in [-0.15, -0.1) is 11.3 Å². The predicted molar refractivity (Wildman–Crippen MR) is 92.1 cm³/mol. The highest BCUT2D eigenvalue weighted by atomic mass is 32.2. The lowest BCUT2D eigenvalue weighted by Gasteiger charge is -2.26. The van der Waals surface area contributed by atoms with Crippen LogP contribution >= 0.6 is 11.3 Å². The van der Waals surface area contributed by atoms with E-state index < -0.39 is 28.3 Å². The molecule has 2 heterocycles. The summed E-state index contributed by atoms with van der Waals surface area (Å²) in [5, 5.41) is 4.15. The minimum atomic E-state index is -3.10. The van der Waals surface area contributed by atoms with Crippen molar-refractivity contribution in [1.82, 2.24) is 10.2 Å². The second-order valence-corrected chi connectivity index (χ2v) is 8.73. The molecule has 1 N–H and O–H groups in total. The van der Waals surface area contributed by atoms with Crippen molar-refractivity contribution in [2.24, 2.45) is 0 Å². The number of ether oxygens (including phenoxy) is 1. The monoisotopic (exact) mass is 388 g/mol. The lowest BCUT2D eigenvalue weighted by Crippen LogP contribution is -2.43. The Labute approximate surface area is 150 Å². The summed E-state index contributed by atoms with van der Waals surface area (Å²) in [4.78, 5) is 37.4. The van der Waals surface area contributed by atoms with Crippen LogP contribution in [0.5, 0.6) is 0 Å². The van der Waals surface area contributed by atoms with Gasteiger partial charge in [0, 0.05) is 12.6 Å². The molecular weight excluding hydrogens is 368 g/mol. The number of nitrogens with one attached hydrogen (secondary N) is 1. The van der Waals surface area contributed by atoms with Gasteiger partial charge in [-0.1, -0.05) is 6.07 Å². The first-order chi connectivity index (χ1) is 11.8. The zero-order valence-electron chi connectivity index (χ0n) is 13.8. The molecule has 0 unspecified atom stereocenters. The minimum Gasteiger partial charge on any atom is -0.454 e. The highest BCUT2D eigenvalue weighted by molar-refractivity contribution is 7.91. The van der Waals surface area contributed by atoms with Crippen LogP contribution in [0.2, 0.25) is 0 Å². The quantitative estimate of drug-likeness (QED) is 0.661. The number of thiophene rings is 1. The Morgan fingerprint density at radius 1 is 1.40 bits per heavy atom. The van der Waals surface area contributed by atoms with E-state index in [1.807, 2.05) is 0 Å². The lowest BCUT2D eigenvalue weighted by atomic mass is 10.2. The number of hydrogen-bond donors (Lipinski definition) is 1. The smallest absolute Gasteiger partial charge is 0.325 e. The van der Waals surface area contributed by atoms with E-state index in [4.69, 9.17) is 4.74 Å². The molecule has 2 rings (SSSR count). The Morgan fingerprint density at radius 3 is 2.72 bits per heavy atom. The first-order valence-corrected chi connectivity index (χ1v) is 10.5. The van der Waals surface area contributed by atoms with Gasteiger partial charge in [-0.3, -0.25) is 14.4 Å². The fourth-order valence-corrected chi connectivity index (χ4v) is 4.95. The number of nitrogens with zero attached hydrogens (tertiary/aromatic N) is 1. The number of carbonyl (C=O) groups is 3. The van der Waals surface area contributed by atoms with Gasteiger partial charge in [0.15, 0.2) is 16.4 Å². The maximum Gasteiger partial charge on any atom is 0.325 e. The molecule has 0 bridgehead atoms. The van der Waals surface area contributed by atoms with E-state index in [0.29, 0.717) is 17.8 Å². The maximum absolute atomic E-state index is 12.2. The summed E-state index contributed by atoms with van der Waals surface area (Å²) >= 11 is 1.25. The Morgan fingerprint density at radius 2 is 2.16 bits per heavy atom. The average Bonchev–Trinajstić information content (AvgIpc) is 3.21. The van der Waals surface area contributed by atoms with Gasteiger partial charge in [0.2, 0.25) is 0 Å². The second-order valence-electron chi connectivity index (χ2n) is 5.56. The SMILES string of the molecule is CCN(C(=O)COC(=O)CNC(=O)c1cccs1)[C@H]1CCS(=O)(=O)C1. The van der Waals surface area contributed by atoms with Crippen LogP contribution < -0.4 is 5.32 Å². The van der Waals surface area contributed by atoms with Gasteiger partial charge in [-0.05, 0) is 24.8 Å². The average molecular weight is 388 g/mol. The van der Waals surface area contributed by atoms with Crippen LogP contribution in [-0.2, 0) is 24.2 Å². The molecule has 0 radical (unpaired) electrons. The zero-order valence-corrected chi connectivity index (χ0v) is 15.4. The molecule has 2 amide bonds. The largest absolute Gasteiger partial charge is 0.454 e. The molecule has 1 fully saturated rings.